The zero-order chi connectivity index (χ0) is 16.8. The molecule has 0 aliphatic carbocycles. The third kappa shape index (κ3) is 4.62. The number of hydrogen-bond donors (Lipinski definition) is 1. The van der Waals surface area contributed by atoms with Crippen molar-refractivity contribution in [3.8, 4) is 0 Å². The van der Waals surface area contributed by atoms with E-state index in [0.29, 0.717) is 45.3 Å². The quantitative estimate of drug-likeness (QED) is 0.915. The van der Waals surface area contributed by atoms with Crippen LogP contribution in [0, 0.1) is 11.6 Å². The number of amides is 3. The van der Waals surface area contributed by atoms with Crippen molar-refractivity contribution in [3.05, 3.63) is 29.8 Å². The van der Waals surface area contributed by atoms with E-state index in [-0.39, 0.29) is 11.6 Å². The second-order valence-electron chi connectivity index (χ2n) is 5.16. The van der Waals surface area contributed by atoms with Crippen LogP contribution in [0.2, 0.25) is 0 Å². The number of ether oxygens (including phenoxy) is 1. The monoisotopic (exact) mass is 327 g/mol. The van der Waals surface area contributed by atoms with Crippen LogP contribution in [0.4, 0.5) is 19.3 Å². The lowest BCUT2D eigenvalue weighted by molar-refractivity contribution is -0.133. The number of urea groups is 1. The number of halogens is 2. The second-order valence-corrected chi connectivity index (χ2v) is 5.16. The minimum Gasteiger partial charge on any atom is -0.384 e. The number of carbonyl (C=O) groups is 2. The normalized spacial score (nSPS) is 14.7. The summed E-state index contributed by atoms with van der Waals surface area (Å²) in [6.45, 7) is 1.91. The molecule has 1 N–H and O–H groups in total. The molecule has 1 fully saturated rings. The Labute approximate surface area is 133 Å². The first-order valence-corrected chi connectivity index (χ1v) is 7.29. The van der Waals surface area contributed by atoms with Crippen molar-refractivity contribution in [2.75, 3.05) is 45.2 Å². The Hall–Kier alpha value is -2.22. The van der Waals surface area contributed by atoms with Crippen LogP contribution < -0.4 is 5.32 Å². The van der Waals surface area contributed by atoms with Gasteiger partial charge in [-0.15, -0.1) is 0 Å². The third-order valence-electron chi connectivity index (χ3n) is 3.61. The molecule has 1 aromatic rings. The van der Waals surface area contributed by atoms with Gasteiger partial charge >= 0.3 is 6.03 Å². The summed E-state index contributed by atoms with van der Waals surface area (Å²) in [6.07, 6.45) is 0.309. The molecule has 1 aliphatic rings. The highest BCUT2D eigenvalue weighted by molar-refractivity contribution is 5.89. The van der Waals surface area contributed by atoms with Crippen molar-refractivity contribution in [1.29, 1.82) is 0 Å². The summed E-state index contributed by atoms with van der Waals surface area (Å²) < 4.78 is 31.2. The van der Waals surface area contributed by atoms with Crippen LogP contribution in [0.25, 0.3) is 0 Å². The number of anilines is 1. The van der Waals surface area contributed by atoms with E-state index < -0.39 is 17.7 Å². The summed E-state index contributed by atoms with van der Waals surface area (Å²) in [6, 6.07) is 2.49. The van der Waals surface area contributed by atoms with E-state index in [1.54, 1.807) is 4.90 Å². The fourth-order valence-electron chi connectivity index (χ4n) is 2.29. The number of rotatable bonds is 4. The van der Waals surface area contributed by atoms with Crippen LogP contribution in [-0.2, 0) is 9.53 Å². The van der Waals surface area contributed by atoms with Crippen LogP contribution in [0.1, 0.15) is 6.42 Å². The molecule has 1 heterocycles. The molecule has 1 aliphatic heterocycles. The highest BCUT2D eigenvalue weighted by Gasteiger charge is 2.24. The van der Waals surface area contributed by atoms with Crippen LogP contribution in [0.15, 0.2) is 18.2 Å². The molecule has 0 saturated carbocycles. The van der Waals surface area contributed by atoms with Gasteiger partial charge in [0.15, 0.2) is 0 Å². The average molecular weight is 327 g/mol. The predicted molar refractivity (Wildman–Crippen MR) is 80.0 cm³/mol. The molecule has 0 atom stereocenters. The van der Waals surface area contributed by atoms with Gasteiger partial charge in [0.05, 0.1) is 18.7 Å². The van der Waals surface area contributed by atoms with E-state index in [2.05, 4.69) is 5.32 Å². The molecule has 2 rings (SSSR count). The number of piperazine rings is 1. The van der Waals surface area contributed by atoms with Crippen molar-refractivity contribution in [2.24, 2.45) is 0 Å². The van der Waals surface area contributed by atoms with Crippen LogP contribution in [-0.4, -0.2) is 61.6 Å². The molecule has 6 nitrogen and oxygen atoms in total. The number of methoxy groups -OCH3 is 1. The maximum Gasteiger partial charge on any atom is 0.322 e. The molecule has 23 heavy (non-hydrogen) atoms. The molecule has 0 radical (unpaired) electrons. The standard InChI is InChI=1S/C15H19F2N3O3/c1-23-9-4-14(21)19-5-7-20(8-6-19)15(22)18-13-3-2-11(16)10-12(13)17/h2-3,10H,4-9H2,1H3,(H,18,22). The van der Waals surface area contributed by atoms with Gasteiger partial charge in [0, 0.05) is 39.4 Å². The van der Waals surface area contributed by atoms with Crippen molar-refractivity contribution >= 4 is 17.6 Å². The lowest BCUT2D eigenvalue weighted by atomic mass is 10.2. The maximum absolute atomic E-state index is 13.5. The molecule has 1 aromatic carbocycles. The van der Waals surface area contributed by atoms with Gasteiger partial charge in [0.1, 0.15) is 11.6 Å². The summed E-state index contributed by atoms with van der Waals surface area (Å²) in [7, 11) is 1.53. The Morgan fingerprint density at radius 1 is 1.17 bits per heavy atom. The molecular weight excluding hydrogens is 308 g/mol. The zero-order valence-electron chi connectivity index (χ0n) is 12.8. The fourth-order valence-corrected chi connectivity index (χ4v) is 2.29. The zero-order valence-corrected chi connectivity index (χ0v) is 12.8. The van der Waals surface area contributed by atoms with E-state index in [9.17, 15) is 18.4 Å². The van der Waals surface area contributed by atoms with E-state index >= 15 is 0 Å². The molecule has 0 unspecified atom stereocenters. The second kappa shape index (κ2) is 7.87. The van der Waals surface area contributed by atoms with Crippen LogP contribution in [0.5, 0.6) is 0 Å². The van der Waals surface area contributed by atoms with Crippen LogP contribution in [0.3, 0.4) is 0 Å². The molecule has 0 aromatic heterocycles. The van der Waals surface area contributed by atoms with Gasteiger partial charge in [-0.05, 0) is 12.1 Å². The van der Waals surface area contributed by atoms with Crippen LogP contribution >= 0.6 is 0 Å². The molecular formula is C15H19F2N3O3. The largest absolute Gasteiger partial charge is 0.384 e. The molecule has 0 spiro atoms. The Morgan fingerprint density at radius 2 is 1.83 bits per heavy atom. The van der Waals surface area contributed by atoms with Gasteiger partial charge in [-0.1, -0.05) is 0 Å². The van der Waals surface area contributed by atoms with Gasteiger partial charge in [-0.3, -0.25) is 4.79 Å². The van der Waals surface area contributed by atoms with E-state index in [0.717, 1.165) is 6.07 Å². The molecule has 1 saturated heterocycles. The maximum atomic E-state index is 13.5. The van der Waals surface area contributed by atoms with Gasteiger partial charge in [-0.25, -0.2) is 13.6 Å². The fraction of sp³-hybridized carbons (Fsp3) is 0.467. The molecule has 126 valence electrons. The minimum absolute atomic E-state index is 0.0171. The highest BCUT2D eigenvalue weighted by atomic mass is 19.1. The molecule has 3 amide bonds. The summed E-state index contributed by atoms with van der Waals surface area (Å²) in [4.78, 5) is 27.1. The first kappa shape index (κ1) is 17.1. The number of carbonyl (C=O) groups excluding carboxylic acids is 2. The average Bonchev–Trinajstić information content (AvgIpc) is 2.55. The minimum atomic E-state index is -0.827. The van der Waals surface area contributed by atoms with E-state index in [1.807, 2.05) is 0 Å². The number of nitrogens with one attached hydrogen (secondary N) is 1. The highest BCUT2D eigenvalue weighted by Crippen LogP contribution is 2.16. The summed E-state index contributed by atoms with van der Waals surface area (Å²) >= 11 is 0. The molecule has 0 bridgehead atoms. The Kier molecular flexibility index (Phi) is 5.86. The topological polar surface area (TPSA) is 61.9 Å². The third-order valence-corrected chi connectivity index (χ3v) is 3.61. The summed E-state index contributed by atoms with van der Waals surface area (Å²) in [5.41, 5.74) is -0.0741. The summed E-state index contributed by atoms with van der Waals surface area (Å²) in [5.74, 6) is -1.55. The predicted octanol–water partition coefficient (Wildman–Crippen LogP) is 1.68. The Morgan fingerprint density at radius 3 is 2.43 bits per heavy atom. The van der Waals surface area contributed by atoms with Crippen molar-refractivity contribution in [3.63, 3.8) is 0 Å². The van der Waals surface area contributed by atoms with Gasteiger partial charge in [0.2, 0.25) is 5.91 Å². The SMILES string of the molecule is COCCC(=O)N1CCN(C(=O)Nc2ccc(F)cc2F)CC1. The van der Waals surface area contributed by atoms with Crippen molar-refractivity contribution < 1.29 is 23.1 Å². The van der Waals surface area contributed by atoms with E-state index in [4.69, 9.17) is 4.74 Å². The first-order chi connectivity index (χ1) is 11.0. The van der Waals surface area contributed by atoms with Gasteiger partial charge in [0.25, 0.3) is 0 Å². The number of hydrogen-bond acceptors (Lipinski definition) is 3. The Balaban J connectivity index is 1.85. The van der Waals surface area contributed by atoms with E-state index in [1.165, 1.54) is 18.1 Å². The lowest BCUT2D eigenvalue weighted by Crippen LogP contribution is -2.51. The number of nitrogens with zero attached hydrogens (tertiary/aromatic N) is 2. The van der Waals surface area contributed by atoms with Gasteiger partial charge in [-0.2, -0.15) is 0 Å². The smallest absolute Gasteiger partial charge is 0.322 e. The molecule has 8 heteroatoms. The van der Waals surface area contributed by atoms with Gasteiger partial charge < -0.3 is 19.9 Å². The Bertz CT molecular complexity index is 575. The van der Waals surface area contributed by atoms with Crippen molar-refractivity contribution in [2.45, 2.75) is 6.42 Å². The lowest BCUT2D eigenvalue weighted by Gasteiger charge is -2.34. The van der Waals surface area contributed by atoms with Crippen molar-refractivity contribution in [1.82, 2.24) is 9.80 Å². The first-order valence-electron chi connectivity index (χ1n) is 7.29. The number of benzene rings is 1. The summed E-state index contributed by atoms with van der Waals surface area (Å²) in [5, 5.41) is 2.41.